The summed E-state index contributed by atoms with van der Waals surface area (Å²) >= 11 is 0. The molecule has 7 heteroatoms. The number of aromatic nitrogens is 3. The van der Waals surface area contributed by atoms with Crippen LogP contribution in [0.2, 0.25) is 0 Å². The normalized spacial score (nSPS) is 10.7. The minimum absolute atomic E-state index is 0.118. The molecule has 0 radical (unpaired) electrons. The molecule has 3 aromatic rings. The van der Waals surface area contributed by atoms with Crippen LogP contribution in [0.15, 0.2) is 42.6 Å². The number of carbonyl (C=O) groups is 2. The number of hydrogen-bond acceptors (Lipinski definition) is 4. The van der Waals surface area contributed by atoms with Crippen molar-refractivity contribution in [3.8, 4) is 0 Å². The van der Waals surface area contributed by atoms with Crippen molar-refractivity contribution in [2.24, 2.45) is 0 Å². The van der Waals surface area contributed by atoms with Gasteiger partial charge in [-0.3, -0.25) is 9.20 Å². The van der Waals surface area contributed by atoms with Gasteiger partial charge in [0.15, 0.2) is 5.65 Å². The standard InChI is InChI=1S/C17H16N4O3/c1-2-4-14-19-20-15-8-7-12(10-21(14)15)16(22)18-13-6-3-5-11(9-13)17(23)24/h3,5-10H,2,4H2,1H3,(H,18,22)(H,23,24). The first kappa shape index (κ1) is 15.7. The maximum Gasteiger partial charge on any atom is 0.335 e. The summed E-state index contributed by atoms with van der Waals surface area (Å²) in [5, 5.41) is 19.9. The summed E-state index contributed by atoms with van der Waals surface area (Å²) in [6.45, 7) is 2.05. The van der Waals surface area contributed by atoms with Gasteiger partial charge < -0.3 is 10.4 Å². The predicted octanol–water partition coefficient (Wildman–Crippen LogP) is 2.63. The van der Waals surface area contributed by atoms with Gasteiger partial charge in [0.1, 0.15) is 5.82 Å². The molecular formula is C17H16N4O3. The summed E-state index contributed by atoms with van der Waals surface area (Å²) in [6.07, 6.45) is 3.39. The molecule has 7 nitrogen and oxygen atoms in total. The molecule has 0 fully saturated rings. The summed E-state index contributed by atoms with van der Waals surface area (Å²) in [5.74, 6) is -0.563. The molecule has 0 spiro atoms. The maximum atomic E-state index is 12.4. The third-order valence-electron chi connectivity index (χ3n) is 3.58. The van der Waals surface area contributed by atoms with Crippen molar-refractivity contribution in [1.82, 2.24) is 14.6 Å². The average molecular weight is 324 g/mol. The Kier molecular flexibility index (Phi) is 4.24. The summed E-state index contributed by atoms with van der Waals surface area (Å²) in [4.78, 5) is 23.4. The van der Waals surface area contributed by atoms with Gasteiger partial charge in [-0.1, -0.05) is 13.0 Å². The van der Waals surface area contributed by atoms with Gasteiger partial charge in [0.2, 0.25) is 0 Å². The fourth-order valence-electron chi connectivity index (χ4n) is 2.40. The van der Waals surface area contributed by atoms with Gasteiger partial charge in [-0.05, 0) is 36.8 Å². The molecule has 1 aromatic carbocycles. The van der Waals surface area contributed by atoms with Crippen LogP contribution in [0.3, 0.4) is 0 Å². The third kappa shape index (κ3) is 3.10. The van der Waals surface area contributed by atoms with Gasteiger partial charge in [-0.15, -0.1) is 10.2 Å². The highest BCUT2D eigenvalue weighted by Crippen LogP contribution is 2.14. The monoisotopic (exact) mass is 324 g/mol. The summed E-state index contributed by atoms with van der Waals surface area (Å²) in [7, 11) is 0. The number of amides is 1. The third-order valence-corrected chi connectivity index (χ3v) is 3.58. The molecule has 0 aliphatic carbocycles. The minimum atomic E-state index is -1.04. The number of nitrogens with one attached hydrogen (secondary N) is 1. The molecule has 0 unspecified atom stereocenters. The lowest BCUT2D eigenvalue weighted by molar-refractivity contribution is 0.0696. The van der Waals surface area contributed by atoms with Crippen molar-refractivity contribution >= 4 is 23.2 Å². The highest BCUT2D eigenvalue weighted by atomic mass is 16.4. The smallest absolute Gasteiger partial charge is 0.335 e. The molecule has 2 aromatic heterocycles. The van der Waals surface area contributed by atoms with Crippen LogP contribution in [0.1, 0.15) is 39.9 Å². The molecule has 1 amide bonds. The van der Waals surface area contributed by atoms with E-state index < -0.39 is 5.97 Å². The summed E-state index contributed by atoms with van der Waals surface area (Å²) in [5.41, 5.74) is 1.67. The number of anilines is 1. The highest BCUT2D eigenvalue weighted by Gasteiger charge is 2.11. The van der Waals surface area contributed by atoms with E-state index in [9.17, 15) is 9.59 Å². The Labute approximate surface area is 138 Å². The largest absolute Gasteiger partial charge is 0.478 e. The van der Waals surface area contributed by atoms with E-state index in [2.05, 4.69) is 15.5 Å². The van der Waals surface area contributed by atoms with Crippen LogP contribution in [0.4, 0.5) is 5.69 Å². The molecule has 2 heterocycles. The maximum absolute atomic E-state index is 12.4. The van der Waals surface area contributed by atoms with E-state index in [0.29, 0.717) is 16.9 Å². The molecule has 0 atom stereocenters. The van der Waals surface area contributed by atoms with Gasteiger partial charge in [-0.2, -0.15) is 0 Å². The number of carboxylic acid groups (broad SMARTS) is 1. The Bertz CT molecular complexity index is 917. The molecule has 24 heavy (non-hydrogen) atoms. The Morgan fingerprint density at radius 1 is 1.17 bits per heavy atom. The van der Waals surface area contributed by atoms with E-state index in [1.165, 1.54) is 12.1 Å². The van der Waals surface area contributed by atoms with Crippen molar-refractivity contribution in [3.63, 3.8) is 0 Å². The Hall–Kier alpha value is -3.22. The molecule has 2 N–H and O–H groups in total. The van der Waals surface area contributed by atoms with E-state index in [1.807, 2.05) is 6.92 Å². The lowest BCUT2D eigenvalue weighted by atomic mass is 10.2. The van der Waals surface area contributed by atoms with Crippen LogP contribution < -0.4 is 5.32 Å². The first-order chi connectivity index (χ1) is 11.6. The zero-order valence-electron chi connectivity index (χ0n) is 13.1. The zero-order chi connectivity index (χ0) is 17.1. The van der Waals surface area contributed by atoms with Crippen LogP contribution in [0.25, 0.3) is 5.65 Å². The SMILES string of the molecule is CCCc1nnc2ccc(C(=O)Nc3cccc(C(=O)O)c3)cn12. The van der Waals surface area contributed by atoms with E-state index in [1.54, 1.807) is 34.9 Å². The van der Waals surface area contributed by atoms with Crippen LogP contribution in [0.5, 0.6) is 0 Å². The molecule has 0 saturated carbocycles. The molecule has 0 aliphatic heterocycles. The molecule has 0 saturated heterocycles. The molecule has 3 rings (SSSR count). The fraction of sp³-hybridized carbons (Fsp3) is 0.176. The number of carbonyl (C=O) groups excluding carboxylic acids is 1. The highest BCUT2D eigenvalue weighted by molar-refractivity contribution is 6.04. The summed E-state index contributed by atoms with van der Waals surface area (Å²) < 4.78 is 1.80. The van der Waals surface area contributed by atoms with Gasteiger partial charge >= 0.3 is 5.97 Å². The lowest BCUT2D eigenvalue weighted by Gasteiger charge is -2.07. The first-order valence-corrected chi connectivity index (χ1v) is 7.57. The topological polar surface area (TPSA) is 96.6 Å². The van der Waals surface area contributed by atoms with Crippen LogP contribution in [-0.2, 0) is 6.42 Å². The lowest BCUT2D eigenvalue weighted by Crippen LogP contribution is -2.13. The van der Waals surface area contributed by atoms with Crippen molar-refractivity contribution in [2.45, 2.75) is 19.8 Å². The number of aryl methyl sites for hydroxylation is 1. The zero-order valence-corrected chi connectivity index (χ0v) is 13.1. The Morgan fingerprint density at radius 3 is 2.75 bits per heavy atom. The molecule has 0 bridgehead atoms. The van der Waals surface area contributed by atoms with Gasteiger partial charge in [-0.25, -0.2) is 4.79 Å². The number of fused-ring (bicyclic) bond motifs is 1. The number of nitrogens with zero attached hydrogens (tertiary/aromatic N) is 3. The second kappa shape index (κ2) is 6.49. The van der Waals surface area contributed by atoms with Crippen molar-refractivity contribution in [1.29, 1.82) is 0 Å². The van der Waals surface area contributed by atoms with Gasteiger partial charge in [0, 0.05) is 18.3 Å². The van der Waals surface area contributed by atoms with E-state index in [4.69, 9.17) is 5.11 Å². The van der Waals surface area contributed by atoms with E-state index in [0.717, 1.165) is 18.7 Å². The molecule has 122 valence electrons. The van der Waals surface area contributed by atoms with Crippen molar-refractivity contribution < 1.29 is 14.7 Å². The minimum Gasteiger partial charge on any atom is -0.478 e. The van der Waals surface area contributed by atoms with Crippen molar-refractivity contribution in [2.75, 3.05) is 5.32 Å². The van der Waals surface area contributed by atoms with Crippen LogP contribution >= 0.6 is 0 Å². The van der Waals surface area contributed by atoms with Crippen molar-refractivity contribution in [3.05, 3.63) is 59.5 Å². The van der Waals surface area contributed by atoms with Gasteiger partial charge in [0.25, 0.3) is 5.91 Å². The number of pyridine rings is 1. The number of benzene rings is 1. The molecule has 0 aliphatic rings. The number of rotatable bonds is 5. The van der Waals surface area contributed by atoms with Gasteiger partial charge in [0.05, 0.1) is 11.1 Å². The van der Waals surface area contributed by atoms with Crippen LogP contribution in [0, 0.1) is 0 Å². The predicted molar refractivity (Wildman–Crippen MR) is 88.3 cm³/mol. The second-order valence-corrected chi connectivity index (χ2v) is 5.35. The average Bonchev–Trinajstić information content (AvgIpc) is 2.98. The molecular weight excluding hydrogens is 308 g/mol. The Morgan fingerprint density at radius 2 is 2.00 bits per heavy atom. The number of aromatic carboxylic acids is 1. The van der Waals surface area contributed by atoms with E-state index >= 15 is 0 Å². The summed E-state index contributed by atoms with van der Waals surface area (Å²) in [6, 6.07) is 9.51. The van der Waals surface area contributed by atoms with E-state index in [-0.39, 0.29) is 11.5 Å². The number of carboxylic acids is 1. The Balaban J connectivity index is 1.87. The first-order valence-electron chi connectivity index (χ1n) is 7.57. The fourth-order valence-corrected chi connectivity index (χ4v) is 2.40. The van der Waals surface area contributed by atoms with Crippen LogP contribution in [-0.4, -0.2) is 31.6 Å². The number of hydrogen-bond donors (Lipinski definition) is 2. The second-order valence-electron chi connectivity index (χ2n) is 5.35. The quantitative estimate of drug-likeness (QED) is 0.752.